The molecule has 1 heterocycles. The second kappa shape index (κ2) is 12.5. The van der Waals surface area contributed by atoms with Crippen LogP contribution in [0.3, 0.4) is 0 Å². The van der Waals surface area contributed by atoms with E-state index in [9.17, 15) is 9.59 Å². The maximum atomic E-state index is 12.2. The molecule has 2 aromatic carbocycles. The second-order valence-electron chi connectivity index (χ2n) is 8.45. The summed E-state index contributed by atoms with van der Waals surface area (Å²) in [4.78, 5) is 24.3. The zero-order chi connectivity index (χ0) is 24.5. The number of hydrazone groups is 1. The van der Waals surface area contributed by atoms with E-state index in [0.29, 0.717) is 35.7 Å². The molecule has 1 fully saturated rings. The molecule has 1 aliphatic rings. The number of amides is 2. The Hall–Kier alpha value is -3.24. The quantitative estimate of drug-likeness (QED) is 0.120. The second-order valence-corrected chi connectivity index (χ2v) is 10.6. The normalized spacial score (nSPS) is 17.1. The average Bonchev–Trinajstić information content (AvgIpc) is 3.43. The standard InChI is InChI=1S/C25H28N6O2S2/c26-29-23(34-16-27-21(32)11-17-7-3-1-4-8-17)14-19-13-20(19)15-24-30-31-25(35-24)28-22(33)12-18-9-5-2-6-10-18/h1-10,19-20H,11-16,26H2,(H,27,32)(H,28,31,33). The summed E-state index contributed by atoms with van der Waals surface area (Å²) < 4.78 is 0. The summed E-state index contributed by atoms with van der Waals surface area (Å²) >= 11 is 2.89. The zero-order valence-corrected chi connectivity index (χ0v) is 20.9. The molecule has 1 saturated carbocycles. The van der Waals surface area contributed by atoms with Crippen molar-refractivity contribution in [3.63, 3.8) is 0 Å². The first kappa shape index (κ1) is 24.9. The molecule has 1 aromatic heterocycles. The lowest BCUT2D eigenvalue weighted by atomic mass is 10.1. The summed E-state index contributed by atoms with van der Waals surface area (Å²) in [7, 11) is 0. The van der Waals surface area contributed by atoms with Gasteiger partial charge in [-0.2, -0.15) is 5.10 Å². The third-order valence-electron chi connectivity index (χ3n) is 5.72. The highest BCUT2D eigenvalue weighted by Gasteiger charge is 2.38. The Balaban J connectivity index is 1.14. The maximum Gasteiger partial charge on any atom is 0.230 e. The van der Waals surface area contributed by atoms with Crippen LogP contribution >= 0.6 is 23.1 Å². The van der Waals surface area contributed by atoms with Gasteiger partial charge in [0.15, 0.2) is 0 Å². The van der Waals surface area contributed by atoms with E-state index in [1.54, 1.807) is 0 Å². The monoisotopic (exact) mass is 508 g/mol. The van der Waals surface area contributed by atoms with Crippen molar-refractivity contribution in [1.82, 2.24) is 15.5 Å². The van der Waals surface area contributed by atoms with Gasteiger partial charge in [0.05, 0.1) is 23.8 Å². The Labute approximate surface area is 212 Å². The number of nitrogens with zero attached hydrogens (tertiary/aromatic N) is 3. The molecule has 0 saturated heterocycles. The van der Waals surface area contributed by atoms with Gasteiger partial charge >= 0.3 is 0 Å². The van der Waals surface area contributed by atoms with Crippen LogP contribution in [0.15, 0.2) is 65.8 Å². The van der Waals surface area contributed by atoms with Crippen LogP contribution in [-0.2, 0) is 28.9 Å². The van der Waals surface area contributed by atoms with Crippen molar-refractivity contribution in [3.8, 4) is 0 Å². The molecule has 2 unspecified atom stereocenters. The zero-order valence-electron chi connectivity index (χ0n) is 19.2. The molecule has 0 bridgehead atoms. The number of hydrogen-bond acceptors (Lipinski definition) is 8. The largest absolute Gasteiger partial charge is 0.346 e. The molecule has 2 atom stereocenters. The van der Waals surface area contributed by atoms with E-state index in [2.05, 4.69) is 25.9 Å². The van der Waals surface area contributed by atoms with Gasteiger partial charge in [-0.1, -0.05) is 83.8 Å². The van der Waals surface area contributed by atoms with Gasteiger partial charge in [-0.3, -0.25) is 9.59 Å². The smallest absolute Gasteiger partial charge is 0.230 e. The molecule has 0 aliphatic heterocycles. The lowest BCUT2D eigenvalue weighted by Gasteiger charge is -2.07. The van der Waals surface area contributed by atoms with Crippen molar-refractivity contribution >= 4 is 45.1 Å². The molecule has 2 amide bonds. The third-order valence-corrected chi connectivity index (χ3v) is 7.48. The fourth-order valence-electron chi connectivity index (χ4n) is 3.78. The molecule has 10 heteroatoms. The highest BCUT2D eigenvalue weighted by atomic mass is 32.2. The minimum absolute atomic E-state index is 0.0210. The number of hydrogen-bond donors (Lipinski definition) is 3. The van der Waals surface area contributed by atoms with E-state index < -0.39 is 0 Å². The molecular formula is C25H28N6O2S2. The van der Waals surface area contributed by atoms with Gasteiger partial charge in [0.2, 0.25) is 16.9 Å². The van der Waals surface area contributed by atoms with E-state index in [-0.39, 0.29) is 11.8 Å². The number of anilines is 1. The van der Waals surface area contributed by atoms with E-state index >= 15 is 0 Å². The fourth-order valence-corrected chi connectivity index (χ4v) is 5.44. The summed E-state index contributed by atoms with van der Waals surface area (Å²) in [5.74, 6) is 6.91. The first-order chi connectivity index (χ1) is 17.1. The summed E-state index contributed by atoms with van der Waals surface area (Å²) in [6.07, 6.45) is 3.37. The molecule has 4 rings (SSSR count). The maximum absolute atomic E-state index is 12.2. The molecule has 3 aromatic rings. The highest BCUT2D eigenvalue weighted by Crippen LogP contribution is 2.45. The molecule has 8 nitrogen and oxygen atoms in total. The number of nitrogens with one attached hydrogen (secondary N) is 2. The number of nitrogens with two attached hydrogens (primary N) is 1. The minimum Gasteiger partial charge on any atom is -0.346 e. The first-order valence-corrected chi connectivity index (χ1v) is 13.3. The van der Waals surface area contributed by atoms with Crippen molar-refractivity contribution in [2.45, 2.75) is 32.1 Å². The summed E-state index contributed by atoms with van der Waals surface area (Å²) in [5, 5.41) is 20.3. The lowest BCUT2D eigenvalue weighted by Crippen LogP contribution is -2.25. The number of rotatable bonds is 11. The van der Waals surface area contributed by atoms with Gasteiger partial charge in [0.25, 0.3) is 0 Å². The average molecular weight is 509 g/mol. The van der Waals surface area contributed by atoms with Gasteiger partial charge < -0.3 is 16.5 Å². The number of aromatic nitrogens is 2. The molecule has 182 valence electrons. The Morgan fingerprint density at radius 2 is 1.63 bits per heavy atom. The van der Waals surface area contributed by atoms with Gasteiger partial charge in [-0.15, -0.1) is 10.2 Å². The third kappa shape index (κ3) is 8.18. The van der Waals surface area contributed by atoms with E-state index in [1.165, 1.54) is 23.1 Å². The number of carbonyl (C=O) groups excluding carboxylic acids is 2. The van der Waals surface area contributed by atoms with Crippen molar-refractivity contribution < 1.29 is 9.59 Å². The van der Waals surface area contributed by atoms with Crippen molar-refractivity contribution in [1.29, 1.82) is 0 Å². The van der Waals surface area contributed by atoms with Crippen molar-refractivity contribution in [2.24, 2.45) is 22.8 Å². The molecule has 0 radical (unpaired) electrons. The van der Waals surface area contributed by atoms with Crippen LogP contribution in [0.5, 0.6) is 0 Å². The van der Waals surface area contributed by atoms with Crippen LogP contribution in [0.1, 0.15) is 29.0 Å². The molecule has 35 heavy (non-hydrogen) atoms. The van der Waals surface area contributed by atoms with Crippen LogP contribution in [0, 0.1) is 11.8 Å². The van der Waals surface area contributed by atoms with Crippen LogP contribution in [0.2, 0.25) is 0 Å². The van der Waals surface area contributed by atoms with Crippen molar-refractivity contribution in [3.05, 3.63) is 76.8 Å². The van der Waals surface area contributed by atoms with Crippen molar-refractivity contribution in [2.75, 3.05) is 11.2 Å². The molecule has 4 N–H and O–H groups in total. The van der Waals surface area contributed by atoms with Gasteiger partial charge in [0, 0.05) is 12.8 Å². The van der Waals surface area contributed by atoms with Gasteiger partial charge in [0.1, 0.15) is 5.01 Å². The SMILES string of the molecule is NN=C(CC1CC1Cc1nnc(NC(=O)Cc2ccccc2)s1)SCNC(=O)Cc1ccccc1. The van der Waals surface area contributed by atoms with Gasteiger partial charge in [-0.25, -0.2) is 0 Å². The van der Waals surface area contributed by atoms with Crippen LogP contribution in [0.25, 0.3) is 0 Å². The number of benzene rings is 2. The predicted octanol–water partition coefficient (Wildman–Crippen LogP) is 3.61. The Morgan fingerprint density at radius 3 is 2.29 bits per heavy atom. The van der Waals surface area contributed by atoms with Crippen LogP contribution < -0.4 is 16.5 Å². The highest BCUT2D eigenvalue weighted by molar-refractivity contribution is 8.13. The Kier molecular flexibility index (Phi) is 8.85. The molecule has 1 aliphatic carbocycles. The van der Waals surface area contributed by atoms with Crippen LogP contribution in [0.4, 0.5) is 5.13 Å². The Morgan fingerprint density at radius 1 is 0.971 bits per heavy atom. The number of thioether (sulfide) groups is 1. The Bertz CT molecular complexity index is 1150. The van der Waals surface area contributed by atoms with E-state index in [0.717, 1.165) is 40.4 Å². The van der Waals surface area contributed by atoms with Gasteiger partial charge in [-0.05, 0) is 29.4 Å². The first-order valence-electron chi connectivity index (χ1n) is 11.5. The topological polar surface area (TPSA) is 122 Å². The van der Waals surface area contributed by atoms with Crippen LogP contribution in [-0.4, -0.2) is 32.9 Å². The summed E-state index contributed by atoms with van der Waals surface area (Å²) in [6, 6.07) is 19.3. The lowest BCUT2D eigenvalue weighted by molar-refractivity contribution is -0.120. The summed E-state index contributed by atoms with van der Waals surface area (Å²) in [6.45, 7) is 0. The minimum atomic E-state index is -0.0973. The predicted molar refractivity (Wildman–Crippen MR) is 141 cm³/mol. The fraction of sp³-hybridized carbons (Fsp3) is 0.320. The number of carbonyl (C=O) groups is 2. The summed E-state index contributed by atoms with van der Waals surface area (Å²) in [5.41, 5.74) is 1.95. The van der Waals surface area contributed by atoms with E-state index in [1.807, 2.05) is 60.7 Å². The van der Waals surface area contributed by atoms with E-state index in [4.69, 9.17) is 5.84 Å². The molecule has 0 spiro atoms. The molecular weight excluding hydrogens is 480 g/mol.